The first-order chi connectivity index (χ1) is 14.7. The van der Waals surface area contributed by atoms with Gasteiger partial charge in [-0.3, -0.25) is 4.79 Å². The normalized spacial score (nSPS) is 14.8. The van der Waals surface area contributed by atoms with E-state index < -0.39 is 0 Å². The van der Waals surface area contributed by atoms with E-state index in [2.05, 4.69) is 45.4 Å². The van der Waals surface area contributed by atoms with E-state index in [1.54, 1.807) is 23.5 Å². The number of amides is 1. The number of aromatic nitrogens is 3. The van der Waals surface area contributed by atoms with Crippen molar-refractivity contribution in [2.75, 3.05) is 12.0 Å². The Kier molecular flexibility index (Phi) is 7.33. The molecule has 1 fully saturated rings. The molecule has 0 spiro atoms. The Morgan fingerprint density at radius 1 is 1.17 bits per heavy atom. The van der Waals surface area contributed by atoms with E-state index in [-0.39, 0.29) is 5.91 Å². The number of imidazole rings is 1. The summed E-state index contributed by atoms with van der Waals surface area (Å²) in [4.78, 5) is 23.0. The van der Waals surface area contributed by atoms with Gasteiger partial charge in [0.15, 0.2) is 5.65 Å². The van der Waals surface area contributed by atoms with E-state index in [0.29, 0.717) is 18.3 Å². The SMILES string of the molecule is CSc1ccc(CNC(=O)CSCc2nc3cccnc3n2C2CCCCC2)cc1. The number of thioether (sulfide) groups is 2. The van der Waals surface area contributed by atoms with Gasteiger partial charge in [-0.2, -0.15) is 0 Å². The number of nitrogens with one attached hydrogen (secondary N) is 1. The number of carbonyl (C=O) groups excluding carboxylic acids is 1. The van der Waals surface area contributed by atoms with Crippen molar-refractivity contribution in [1.29, 1.82) is 0 Å². The van der Waals surface area contributed by atoms with Crippen LogP contribution in [0.15, 0.2) is 47.5 Å². The monoisotopic (exact) mass is 440 g/mol. The summed E-state index contributed by atoms with van der Waals surface area (Å²) in [5, 5.41) is 3.02. The number of benzene rings is 1. The molecule has 158 valence electrons. The van der Waals surface area contributed by atoms with Crippen molar-refractivity contribution in [1.82, 2.24) is 19.9 Å². The lowest BCUT2D eigenvalue weighted by molar-refractivity contribution is -0.118. The number of rotatable bonds is 8. The number of carbonyl (C=O) groups is 1. The number of hydrogen-bond acceptors (Lipinski definition) is 5. The lowest BCUT2D eigenvalue weighted by Gasteiger charge is -2.25. The van der Waals surface area contributed by atoms with Crippen molar-refractivity contribution >= 4 is 40.6 Å². The van der Waals surface area contributed by atoms with Crippen LogP contribution in [0.5, 0.6) is 0 Å². The van der Waals surface area contributed by atoms with Crippen LogP contribution < -0.4 is 5.32 Å². The lowest BCUT2D eigenvalue weighted by Crippen LogP contribution is -2.24. The molecule has 1 aliphatic rings. The molecule has 1 amide bonds. The highest BCUT2D eigenvalue weighted by Crippen LogP contribution is 2.32. The average molecular weight is 441 g/mol. The number of fused-ring (bicyclic) bond motifs is 1. The van der Waals surface area contributed by atoms with E-state index in [1.807, 2.05) is 18.3 Å². The molecule has 0 saturated heterocycles. The summed E-state index contributed by atoms with van der Waals surface area (Å²) in [6.07, 6.45) is 10.1. The van der Waals surface area contributed by atoms with Crippen molar-refractivity contribution in [2.24, 2.45) is 0 Å². The first-order valence-electron chi connectivity index (χ1n) is 10.5. The lowest BCUT2D eigenvalue weighted by atomic mass is 9.95. The largest absolute Gasteiger partial charge is 0.351 e. The molecule has 0 atom stereocenters. The molecule has 1 aliphatic carbocycles. The molecular formula is C23H28N4OS2. The third-order valence-corrected chi connectivity index (χ3v) is 7.25. The fraction of sp³-hybridized carbons (Fsp3) is 0.435. The van der Waals surface area contributed by atoms with Gasteiger partial charge in [-0.1, -0.05) is 31.4 Å². The Balaban J connectivity index is 1.34. The molecule has 2 aromatic heterocycles. The predicted molar refractivity (Wildman–Crippen MR) is 126 cm³/mol. The van der Waals surface area contributed by atoms with Crippen molar-refractivity contribution in [2.45, 2.75) is 55.3 Å². The van der Waals surface area contributed by atoms with Gasteiger partial charge < -0.3 is 9.88 Å². The Morgan fingerprint density at radius 3 is 2.73 bits per heavy atom. The summed E-state index contributed by atoms with van der Waals surface area (Å²) >= 11 is 3.34. The fourth-order valence-electron chi connectivity index (χ4n) is 4.03. The average Bonchev–Trinajstić information content (AvgIpc) is 3.17. The van der Waals surface area contributed by atoms with Gasteiger partial charge >= 0.3 is 0 Å². The summed E-state index contributed by atoms with van der Waals surface area (Å²) in [7, 11) is 0. The second-order valence-corrected chi connectivity index (χ2v) is 9.52. The molecular weight excluding hydrogens is 412 g/mol. The second kappa shape index (κ2) is 10.4. The molecule has 30 heavy (non-hydrogen) atoms. The summed E-state index contributed by atoms with van der Waals surface area (Å²) in [6.45, 7) is 0.568. The van der Waals surface area contributed by atoms with Gasteiger partial charge in [0.1, 0.15) is 11.3 Å². The molecule has 1 saturated carbocycles. The van der Waals surface area contributed by atoms with Gasteiger partial charge in [0.05, 0.1) is 11.5 Å². The highest BCUT2D eigenvalue weighted by molar-refractivity contribution is 7.99. The van der Waals surface area contributed by atoms with Gasteiger partial charge in [0, 0.05) is 23.7 Å². The first-order valence-corrected chi connectivity index (χ1v) is 12.9. The van der Waals surface area contributed by atoms with Gasteiger partial charge in [0.2, 0.25) is 5.91 Å². The van der Waals surface area contributed by atoms with E-state index in [0.717, 1.165) is 28.3 Å². The quantitative estimate of drug-likeness (QED) is 0.487. The van der Waals surface area contributed by atoms with Crippen LogP contribution >= 0.6 is 23.5 Å². The summed E-state index contributed by atoms with van der Waals surface area (Å²) in [5.41, 5.74) is 3.06. The minimum absolute atomic E-state index is 0.0624. The van der Waals surface area contributed by atoms with Crippen molar-refractivity contribution in [3.8, 4) is 0 Å². The molecule has 5 nitrogen and oxygen atoms in total. The van der Waals surface area contributed by atoms with Crippen LogP contribution in [0.3, 0.4) is 0 Å². The molecule has 0 bridgehead atoms. The molecule has 0 radical (unpaired) electrons. The minimum Gasteiger partial charge on any atom is -0.351 e. The van der Waals surface area contributed by atoms with Crippen molar-refractivity contribution < 1.29 is 4.79 Å². The van der Waals surface area contributed by atoms with Crippen LogP contribution in [0.4, 0.5) is 0 Å². The molecule has 0 unspecified atom stereocenters. The maximum atomic E-state index is 12.3. The van der Waals surface area contributed by atoms with Crippen LogP contribution in [0.1, 0.15) is 49.5 Å². The van der Waals surface area contributed by atoms with Gasteiger partial charge in [-0.15, -0.1) is 23.5 Å². The summed E-state index contributed by atoms with van der Waals surface area (Å²) < 4.78 is 2.34. The standard InChI is InChI=1S/C23H28N4OS2/c1-29-19-11-9-17(10-12-19)14-25-22(28)16-30-15-21-26-20-8-5-13-24-23(20)27(21)18-6-3-2-4-7-18/h5,8-13,18H,2-4,6-7,14-16H2,1H3,(H,25,28). The number of hydrogen-bond donors (Lipinski definition) is 1. The Bertz CT molecular complexity index is 981. The highest BCUT2D eigenvalue weighted by Gasteiger charge is 2.22. The maximum absolute atomic E-state index is 12.3. The third-order valence-electron chi connectivity index (χ3n) is 5.57. The molecule has 1 N–H and O–H groups in total. The maximum Gasteiger partial charge on any atom is 0.230 e. The molecule has 7 heteroatoms. The van der Waals surface area contributed by atoms with Crippen LogP contribution in [-0.4, -0.2) is 32.5 Å². The molecule has 2 heterocycles. The smallest absolute Gasteiger partial charge is 0.230 e. The predicted octanol–water partition coefficient (Wildman–Crippen LogP) is 5.21. The van der Waals surface area contributed by atoms with E-state index in [1.165, 1.54) is 37.0 Å². The topological polar surface area (TPSA) is 59.8 Å². The van der Waals surface area contributed by atoms with E-state index in [4.69, 9.17) is 4.98 Å². The Labute approximate surface area is 186 Å². The van der Waals surface area contributed by atoms with E-state index >= 15 is 0 Å². The number of pyridine rings is 1. The zero-order chi connectivity index (χ0) is 20.8. The summed E-state index contributed by atoms with van der Waals surface area (Å²) in [5.74, 6) is 2.26. The Hall–Kier alpha value is -1.99. The number of nitrogens with zero attached hydrogens (tertiary/aromatic N) is 3. The van der Waals surface area contributed by atoms with Gasteiger partial charge in [-0.05, 0) is 48.9 Å². The molecule has 1 aromatic carbocycles. The zero-order valence-electron chi connectivity index (χ0n) is 17.3. The van der Waals surface area contributed by atoms with Gasteiger partial charge in [-0.25, -0.2) is 9.97 Å². The van der Waals surface area contributed by atoms with Crippen LogP contribution in [0.2, 0.25) is 0 Å². The summed E-state index contributed by atoms with van der Waals surface area (Å²) in [6, 6.07) is 12.8. The first kappa shape index (κ1) is 21.2. The Morgan fingerprint density at radius 2 is 1.97 bits per heavy atom. The molecule has 3 aromatic rings. The van der Waals surface area contributed by atoms with Crippen molar-refractivity contribution in [3.05, 3.63) is 54.0 Å². The zero-order valence-corrected chi connectivity index (χ0v) is 19.0. The van der Waals surface area contributed by atoms with Crippen LogP contribution in [-0.2, 0) is 17.1 Å². The molecule has 4 rings (SSSR count). The van der Waals surface area contributed by atoms with Crippen LogP contribution in [0.25, 0.3) is 11.2 Å². The van der Waals surface area contributed by atoms with Crippen LogP contribution in [0, 0.1) is 0 Å². The van der Waals surface area contributed by atoms with Crippen molar-refractivity contribution in [3.63, 3.8) is 0 Å². The fourth-order valence-corrected chi connectivity index (χ4v) is 5.22. The highest BCUT2D eigenvalue weighted by atomic mass is 32.2. The minimum atomic E-state index is 0.0624. The molecule has 0 aliphatic heterocycles. The second-order valence-electron chi connectivity index (χ2n) is 7.65. The van der Waals surface area contributed by atoms with Gasteiger partial charge in [0.25, 0.3) is 0 Å². The van der Waals surface area contributed by atoms with E-state index in [9.17, 15) is 4.79 Å². The third kappa shape index (κ3) is 5.19.